The Balaban J connectivity index is 0.902. The van der Waals surface area contributed by atoms with Crippen LogP contribution in [0.4, 0.5) is 5.69 Å². The Bertz CT molecular complexity index is 3000. The first-order valence-corrected chi connectivity index (χ1v) is 24.1. The molecular weight excluding hydrogens is 891 g/mol. The van der Waals surface area contributed by atoms with Gasteiger partial charge in [0.2, 0.25) is 17.2 Å². The molecule has 0 aromatic heterocycles. The molecule has 15 heteroatoms. The fourth-order valence-corrected chi connectivity index (χ4v) is 11.4. The number of aliphatic carboxylic acids is 1. The van der Waals surface area contributed by atoms with E-state index in [-0.39, 0.29) is 115 Å². The van der Waals surface area contributed by atoms with Crippen molar-refractivity contribution >= 4 is 57.8 Å². The number of ketones is 1. The Morgan fingerprint density at radius 3 is 2.16 bits per heavy atom. The number of carbonyl (C=O) groups is 6. The Labute approximate surface area is 405 Å². The van der Waals surface area contributed by atoms with E-state index in [0.29, 0.717) is 46.3 Å². The van der Waals surface area contributed by atoms with Crippen LogP contribution in [0, 0.1) is 40.9 Å². The van der Waals surface area contributed by atoms with Crippen molar-refractivity contribution in [1.29, 1.82) is 0 Å². The first kappa shape index (κ1) is 47.9. The molecule has 4 N–H and O–H groups in total. The SMILES string of the molecule is CN(C)c1ccc2c(-c3cc(C(=O)NCCCCC(N=C(CCCN4C(=O)C5C6C=CC(C7C=CC76)C5C4=O)C4=C(O)CC(C)(C)CC4=O)C(=O)O)ccc3C(=O)O)c3ccc(=[N+](C)C)cc-3oc2c1. The molecule has 1 saturated carbocycles. The standard InChI is InChI=1S/C55H59N5O10/c1-55(2)27-42(61)49(43(62)28-55)40(11-9-23-60-51(64)47-34-20-21-35(48(47)52(60)65)33-19-18-32(33)34)57-41(54(68)69)10-7-8-22-56-50(63)29-12-15-36(53(66)67)39(24-29)46-37-16-13-30(58(3)4)25-44(37)70-45-26-31(59(5)6)14-17-38(45)46/h12-21,24-26,32-35,41,47-48H,7-11,22-23,27-28H2,1-6H3,(H3-,56,57,61,62,63,66,67,68,69)/p+1. The summed E-state index contributed by atoms with van der Waals surface area (Å²) in [5.41, 5.74) is 2.90. The number of benzene rings is 3. The molecule has 2 aliphatic heterocycles. The molecule has 7 atom stereocenters. The maximum atomic E-state index is 13.8. The molecule has 0 spiro atoms. The fourth-order valence-electron chi connectivity index (χ4n) is 11.4. The number of amides is 3. The third kappa shape index (κ3) is 8.74. The van der Waals surface area contributed by atoms with Crippen molar-refractivity contribution in [2.24, 2.45) is 45.9 Å². The van der Waals surface area contributed by atoms with E-state index in [9.17, 15) is 44.1 Å². The summed E-state index contributed by atoms with van der Waals surface area (Å²) < 4.78 is 8.38. The Morgan fingerprint density at radius 2 is 1.54 bits per heavy atom. The topological polar surface area (TPSA) is 210 Å². The maximum Gasteiger partial charge on any atom is 0.336 e. The van der Waals surface area contributed by atoms with E-state index in [1.54, 1.807) is 6.07 Å². The molecule has 7 unspecified atom stereocenters. The normalized spacial score (nSPS) is 23.7. The van der Waals surface area contributed by atoms with Crippen LogP contribution in [0.5, 0.6) is 0 Å². The maximum absolute atomic E-state index is 13.8. The molecule has 2 aromatic rings. The van der Waals surface area contributed by atoms with Crippen molar-refractivity contribution in [1.82, 2.24) is 14.8 Å². The number of carbonyl (C=O) groups excluding carboxylic acids is 4. The number of aliphatic hydroxyl groups is 1. The van der Waals surface area contributed by atoms with Gasteiger partial charge in [-0.2, -0.15) is 0 Å². The van der Waals surface area contributed by atoms with Crippen LogP contribution in [0.1, 0.15) is 79.5 Å². The minimum atomic E-state index is -1.28. The number of hydrogen-bond donors (Lipinski definition) is 4. The van der Waals surface area contributed by atoms with Gasteiger partial charge in [0.1, 0.15) is 37.2 Å². The number of likely N-dealkylation sites (tertiary alicyclic amines) is 1. The number of rotatable bonds is 16. The number of carboxylic acid groups (broad SMARTS) is 2. The highest BCUT2D eigenvalue weighted by Gasteiger charge is 2.62. The zero-order valence-corrected chi connectivity index (χ0v) is 40.4. The van der Waals surface area contributed by atoms with E-state index in [1.165, 1.54) is 17.0 Å². The molecule has 15 nitrogen and oxygen atoms in total. The number of unbranched alkanes of at least 4 members (excludes halogenated alkanes) is 1. The monoisotopic (exact) mass is 950 g/mol. The van der Waals surface area contributed by atoms with Gasteiger partial charge in [0.25, 0.3) is 5.91 Å². The lowest BCUT2D eigenvalue weighted by molar-refractivity contribution is -0.140. The smallest absolute Gasteiger partial charge is 0.336 e. The molecule has 2 aromatic carbocycles. The van der Waals surface area contributed by atoms with Crippen molar-refractivity contribution in [2.45, 2.75) is 64.8 Å². The number of fused-ring (bicyclic) bond motifs is 2. The molecule has 3 amide bonds. The van der Waals surface area contributed by atoms with Gasteiger partial charge in [-0.1, -0.05) is 38.2 Å². The Morgan fingerprint density at radius 1 is 0.857 bits per heavy atom. The van der Waals surface area contributed by atoms with Crippen molar-refractivity contribution < 1.29 is 48.5 Å². The molecule has 2 heterocycles. The van der Waals surface area contributed by atoms with Crippen LogP contribution in [0.15, 0.2) is 99.6 Å². The highest BCUT2D eigenvalue weighted by atomic mass is 16.4. The number of aliphatic imine (C=N–C) groups is 1. The number of carboxylic acids is 2. The van der Waals surface area contributed by atoms with Crippen molar-refractivity contribution in [3.63, 3.8) is 0 Å². The minimum Gasteiger partial charge on any atom is -0.511 e. The first-order chi connectivity index (χ1) is 33.3. The van der Waals surface area contributed by atoms with Gasteiger partial charge >= 0.3 is 11.9 Å². The zero-order chi connectivity index (χ0) is 49.9. The number of anilines is 1. The second-order valence-electron chi connectivity index (χ2n) is 20.7. The summed E-state index contributed by atoms with van der Waals surface area (Å²) >= 11 is 0. The van der Waals surface area contributed by atoms with Crippen LogP contribution in [-0.4, -0.2) is 109 Å². The third-order valence-electron chi connectivity index (χ3n) is 15.0. The Hall–Kier alpha value is -7.16. The van der Waals surface area contributed by atoms with Gasteiger partial charge in [-0.3, -0.25) is 29.1 Å². The van der Waals surface area contributed by atoms with E-state index in [2.05, 4.69) is 34.6 Å². The minimum absolute atomic E-state index is 0.00501. The largest absolute Gasteiger partial charge is 0.511 e. The van der Waals surface area contributed by atoms with E-state index >= 15 is 0 Å². The number of aromatic carboxylic acids is 1. The molecule has 1 saturated heterocycles. The fraction of sp³-hybridized carbons (Fsp3) is 0.418. The number of imide groups is 1. The van der Waals surface area contributed by atoms with Crippen molar-refractivity contribution in [2.75, 3.05) is 46.2 Å². The van der Waals surface area contributed by atoms with Crippen LogP contribution in [0.3, 0.4) is 0 Å². The van der Waals surface area contributed by atoms with E-state index < -0.39 is 41.1 Å². The van der Waals surface area contributed by atoms with Crippen LogP contribution in [0.25, 0.3) is 33.4 Å². The molecular formula is C55H60N5O10+. The average molecular weight is 951 g/mol. The van der Waals surface area contributed by atoms with E-state index in [1.807, 2.05) is 87.9 Å². The van der Waals surface area contributed by atoms with Gasteiger partial charge in [0.05, 0.1) is 34.8 Å². The summed E-state index contributed by atoms with van der Waals surface area (Å²) in [5, 5.41) is 36.5. The highest BCUT2D eigenvalue weighted by Crippen LogP contribution is 2.58. The van der Waals surface area contributed by atoms with Crippen molar-refractivity contribution in [3.8, 4) is 22.5 Å². The molecule has 2 fully saturated rings. The third-order valence-corrected chi connectivity index (χ3v) is 15.0. The summed E-state index contributed by atoms with van der Waals surface area (Å²) in [7, 11) is 7.66. The van der Waals surface area contributed by atoms with Gasteiger partial charge < -0.3 is 30.0 Å². The zero-order valence-electron chi connectivity index (χ0n) is 40.4. The molecule has 0 radical (unpaired) electrons. The number of allylic oxidation sites excluding steroid dienone is 6. The van der Waals surface area contributed by atoms with Gasteiger partial charge in [-0.25, -0.2) is 14.2 Å². The summed E-state index contributed by atoms with van der Waals surface area (Å²) in [6.07, 6.45) is 9.83. The first-order valence-electron chi connectivity index (χ1n) is 24.1. The summed E-state index contributed by atoms with van der Waals surface area (Å²) in [5.74, 6) is -3.44. The number of aliphatic hydroxyl groups excluding tert-OH is 1. The molecule has 2 bridgehead atoms. The predicted molar refractivity (Wildman–Crippen MR) is 265 cm³/mol. The molecule has 10 rings (SSSR count). The Kier molecular flexibility index (Phi) is 12.7. The molecule has 70 heavy (non-hydrogen) atoms. The number of nitrogens with one attached hydrogen (secondary N) is 1. The molecule has 6 aliphatic carbocycles. The lowest BCUT2D eigenvalue weighted by Crippen LogP contribution is -2.50. The molecule has 364 valence electrons. The van der Waals surface area contributed by atoms with Crippen LogP contribution < -0.4 is 20.1 Å². The number of Topliss-reactive ketones (excluding diaryl/α,β-unsaturated/α-hetero) is 1. The van der Waals surface area contributed by atoms with Crippen LogP contribution >= 0.6 is 0 Å². The second-order valence-corrected chi connectivity index (χ2v) is 20.7. The van der Waals surface area contributed by atoms with E-state index in [0.717, 1.165) is 11.0 Å². The summed E-state index contributed by atoms with van der Waals surface area (Å²) in [6, 6.07) is 14.6. The van der Waals surface area contributed by atoms with Gasteiger partial charge in [-0.15, -0.1) is 0 Å². The van der Waals surface area contributed by atoms with Crippen molar-refractivity contribution in [3.05, 3.63) is 107 Å². The van der Waals surface area contributed by atoms with Gasteiger partial charge in [0, 0.05) is 79.9 Å². The van der Waals surface area contributed by atoms with Crippen LogP contribution in [-0.2, 0) is 19.2 Å². The lowest BCUT2D eigenvalue weighted by Gasteiger charge is -2.51. The van der Waals surface area contributed by atoms with Gasteiger partial charge in [-0.05, 0) is 103 Å². The number of hydrogen-bond acceptors (Lipinski definition) is 10. The van der Waals surface area contributed by atoms with E-state index in [4.69, 9.17) is 4.42 Å². The summed E-state index contributed by atoms with van der Waals surface area (Å²) in [4.78, 5) is 88.3. The summed E-state index contributed by atoms with van der Waals surface area (Å²) in [6.45, 7) is 4.00. The quantitative estimate of drug-likeness (QED) is 0.0225. The molecule has 8 aliphatic rings. The second kappa shape index (κ2) is 18.6. The van der Waals surface area contributed by atoms with Crippen LogP contribution in [0.2, 0.25) is 0 Å². The van der Waals surface area contributed by atoms with Gasteiger partial charge in [0.15, 0.2) is 5.78 Å². The highest BCUT2D eigenvalue weighted by molar-refractivity contribution is 6.23. The number of nitrogens with zero attached hydrogens (tertiary/aromatic N) is 4. The predicted octanol–water partition coefficient (Wildman–Crippen LogP) is 7.00. The average Bonchev–Trinajstić information content (AvgIpc) is 3.54. The lowest BCUT2D eigenvalue weighted by atomic mass is 9.50.